The summed E-state index contributed by atoms with van der Waals surface area (Å²) < 4.78 is 10.3. The normalized spacial score (nSPS) is 20.8. The number of nitrogens with zero attached hydrogens (tertiary/aromatic N) is 1. The molecule has 1 unspecified atom stereocenters. The Hall–Kier alpha value is -2.21. The van der Waals surface area contributed by atoms with Crippen LogP contribution < -0.4 is 9.64 Å². The minimum Gasteiger partial charge on any atom is -0.497 e. The number of fused-ring (bicyclic) bond motifs is 1. The summed E-state index contributed by atoms with van der Waals surface area (Å²) in [6.45, 7) is 0.853. The van der Waals surface area contributed by atoms with Crippen LogP contribution in [0.15, 0.2) is 18.2 Å². The van der Waals surface area contributed by atoms with Crippen molar-refractivity contribution in [3.8, 4) is 5.75 Å². The molecule has 1 amide bonds. The lowest BCUT2D eigenvalue weighted by molar-refractivity contribution is -0.123. The van der Waals surface area contributed by atoms with Crippen LogP contribution in [0.1, 0.15) is 16.8 Å². The van der Waals surface area contributed by atoms with E-state index in [1.807, 2.05) is 0 Å². The second kappa shape index (κ2) is 5.29. The summed E-state index contributed by atoms with van der Waals surface area (Å²) >= 11 is 0. The zero-order valence-corrected chi connectivity index (χ0v) is 11.6. The zero-order valence-electron chi connectivity index (χ0n) is 11.6. The molecule has 1 fully saturated rings. The molecule has 2 aliphatic heterocycles. The first-order valence-corrected chi connectivity index (χ1v) is 6.76. The number of methoxy groups -OCH3 is 1. The van der Waals surface area contributed by atoms with Gasteiger partial charge in [-0.05, 0) is 18.6 Å². The van der Waals surface area contributed by atoms with Crippen molar-refractivity contribution in [2.45, 2.75) is 6.42 Å². The minimum absolute atomic E-state index is 0.0793. The van der Waals surface area contributed by atoms with Crippen LogP contribution in [0.5, 0.6) is 5.75 Å². The van der Waals surface area contributed by atoms with Crippen LogP contribution in [-0.4, -0.2) is 44.3 Å². The molecule has 0 aromatic heterocycles. The Morgan fingerprint density at radius 2 is 2.24 bits per heavy atom. The smallest absolute Gasteiger partial charge is 0.299 e. The number of Topliss-reactive ketones (excluding diaryl/α,β-unsaturated/α-hetero) is 2. The molecule has 1 atom stereocenters. The molecule has 0 saturated carbocycles. The fourth-order valence-electron chi connectivity index (χ4n) is 2.63. The van der Waals surface area contributed by atoms with Gasteiger partial charge in [0.1, 0.15) is 5.75 Å². The summed E-state index contributed by atoms with van der Waals surface area (Å²) in [6, 6.07) is 4.79. The predicted octanol–water partition coefficient (Wildman–Crippen LogP) is 0.830. The minimum atomic E-state index is -0.662. The summed E-state index contributed by atoms with van der Waals surface area (Å²) in [7, 11) is 1.51. The molecule has 21 heavy (non-hydrogen) atoms. The number of rotatable bonds is 4. The molecule has 1 saturated heterocycles. The molecule has 0 aliphatic carbocycles. The molecule has 2 aliphatic rings. The van der Waals surface area contributed by atoms with E-state index in [1.54, 1.807) is 18.2 Å². The van der Waals surface area contributed by atoms with Gasteiger partial charge in [-0.2, -0.15) is 0 Å². The van der Waals surface area contributed by atoms with E-state index in [2.05, 4.69) is 0 Å². The zero-order chi connectivity index (χ0) is 15.0. The van der Waals surface area contributed by atoms with Crippen molar-refractivity contribution in [3.05, 3.63) is 23.8 Å². The van der Waals surface area contributed by atoms with Crippen molar-refractivity contribution in [3.63, 3.8) is 0 Å². The first kappa shape index (κ1) is 13.8. The van der Waals surface area contributed by atoms with Crippen molar-refractivity contribution in [1.82, 2.24) is 0 Å². The summed E-state index contributed by atoms with van der Waals surface area (Å²) in [5, 5.41) is 0. The molecule has 2 heterocycles. The van der Waals surface area contributed by atoms with Gasteiger partial charge < -0.3 is 9.47 Å². The van der Waals surface area contributed by atoms with Crippen LogP contribution in [-0.2, 0) is 14.3 Å². The second-order valence-corrected chi connectivity index (χ2v) is 5.13. The summed E-state index contributed by atoms with van der Waals surface area (Å²) in [5.41, 5.74) is 0.757. The van der Waals surface area contributed by atoms with E-state index in [0.29, 0.717) is 36.6 Å². The van der Waals surface area contributed by atoms with Gasteiger partial charge in [-0.1, -0.05) is 0 Å². The van der Waals surface area contributed by atoms with Crippen LogP contribution in [0.3, 0.4) is 0 Å². The van der Waals surface area contributed by atoms with Crippen molar-refractivity contribution in [2.24, 2.45) is 5.92 Å². The fraction of sp³-hybridized carbons (Fsp3) is 0.400. The van der Waals surface area contributed by atoms with Gasteiger partial charge >= 0.3 is 0 Å². The maximum atomic E-state index is 12.2. The SMILES string of the molecule is COc1ccc2c(c1)N(CC(=O)C1CCOC1)C(=O)C2=O. The summed E-state index contributed by atoms with van der Waals surface area (Å²) in [5.74, 6) is -0.974. The van der Waals surface area contributed by atoms with Crippen LogP contribution in [0, 0.1) is 5.92 Å². The largest absolute Gasteiger partial charge is 0.497 e. The Kier molecular flexibility index (Phi) is 3.47. The lowest BCUT2D eigenvalue weighted by atomic mass is 10.0. The van der Waals surface area contributed by atoms with E-state index < -0.39 is 11.7 Å². The van der Waals surface area contributed by atoms with Crippen molar-refractivity contribution < 1.29 is 23.9 Å². The standard InChI is InChI=1S/C15H15NO5/c1-20-10-2-3-11-12(6-10)16(15(19)14(11)18)7-13(17)9-4-5-21-8-9/h2-3,6,9H,4-5,7-8H2,1H3. The third kappa shape index (κ3) is 2.31. The number of amides is 1. The van der Waals surface area contributed by atoms with Gasteiger partial charge in [0.05, 0.1) is 31.5 Å². The van der Waals surface area contributed by atoms with Crippen LogP contribution in [0.25, 0.3) is 0 Å². The number of carbonyl (C=O) groups is 3. The fourth-order valence-corrected chi connectivity index (χ4v) is 2.63. The van der Waals surface area contributed by atoms with Crippen molar-refractivity contribution in [2.75, 3.05) is 31.8 Å². The average Bonchev–Trinajstić information content (AvgIpc) is 3.11. The topological polar surface area (TPSA) is 72.9 Å². The first-order chi connectivity index (χ1) is 10.1. The summed E-state index contributed by atoms with van der Waals surface area (Å²) in [4.78, 5) is 37.4. The highest BCUT2D eigenvalue weighted by molar-refractivity contribution is 6.52. The van der Waals surface area contributed by atoms with Gasteiger partial charge in [0, 0.05) is 18.6 Å². The number of hydrogen-bond donors (Lipinski definition) is 0. The van der Waals surface area contributed by atoms with Gasteiger partial charge in [0.2, 0.25) is 0 Å². The Morgan fingerprint density at radius 3 is 2.90 bits per heavy atom. The molecule has 110 valence electrons. The molecular formula is C15H15NO5. The number of carbonyl (C=O) groups excluding carboxylic acids is 3. The van der Waals surface area contributed by atoms with Crippen molar-refractivity contribution in [1.29, 1.82) is 0 Å². The highest BCUT2D eigenvalue weighted by Gasteiger charge is 2.38. The quantitative estimate of drug-likeness (QED) is 0.768. The monoisotopic (exact) mass is 289 g/mol. The van der Waals surface area contributed by atoms with E-state index in [4.69, 9.17) is 9.47 Å². The molecule has 0 radical (unpaired) electrons. The van der Waals surface area contributed by atoms with Gasteiger partial charge in [-0.25, -0.2) is 0 Å². The highest BCUT2D eigenvalue weighted by atomic mass is 16.5. The first-order valence-electron chi connectivity index (χ1n) is 6.76. The molecule has 6 nitrogen and oxygen atoms in total. The second-order valence-electron chi connectivity index (χ2n) is 5.13. The van der Waals surface area contributed by atoms with E-state index in [1.165, 1.54) is 12.0 Å². The number of benzene rings is 1. The third-order valence-electron chi connectivity index (χ3n) is 3.88. The third-order valence-corrected chi connectivity index (χ3v) is 3.88. The average molecular weight is 289 g/mol. The van der Waals surface area contributed by atoms with Crippen LogP contribution >= 0.6 is 0 Å². The lowest BCUT2D eigenvalue weighted by Gasteiger charge is -2.17. The molecule has 3 rings (SSSR count). The number of hydrogen-bond acceptors (Lipinski definition) is 5. The molecule has 6 heteroatoms. The lowest BCUT2D eigenvalue weighted by Crippen LogP contribution is -2.37. The van der Waals surface area contributed by atoms with Crippen LogP contribution in [0.2, 0.25) is 0 Å². The molecule has 0 bridgehead atoms. The molecule has 0 spiro atoms. The van der Waals surface area contributed by atoms with Gasteiger partial charge in [0.25, 0.3) is 11.7 Å². The number of ether oxygens (including phenoxy) is 2. The van der Waals surface area contributed by atoms with E-state index in [9.17, 15) is 14.4 Å². The van der Waals surface area contributed by atoms with E-state index >= 15 is 0 Å². The Balaban J connectivity index is 1.87. The van der Waals surface area contributed by atoms with Gasteiger partial charge in [0.15, 0.2) is 5.78 Å². The highest BCUT2D eigenvalue weighted by Crippen LogP contribution is 2.32. The van der Waals surface area contributed by atoms with E-state index in [0.717, 1.165) is 0 Å². The Labute approximate surface area is 121 Å². The predicted molar refractivity (Wildman–Crippen MR) is 73.6 cm³/mol. The Bertz CT molecular complexity index is 618. The molecule has 1 aromatic carbocycles. The van der Waals surface area contributed by atoms with Crippen LogP contribution in [0.4, 0.5) is 5.69 Å². The number of anilines is 1. The van der Waals surface area contributed by atoms with Gasteiger partial charge in [-0.3, -0.25) is 19.3 Å². The maximum absolute atomic E-state index is 12.2. The van der Waals surface area contributed by atoms with E-state index in [-0.39, 0.29) is 18.2 Å². The Morgan fingerprint density at radius 1 is 1.43 bits per heavy atom. The molecule has 1 aromatic rings. The maximum Gasteiger partial charge on any atom is 0.299 e. The van der Waals surface area contributed by atoms with Gasteiger partial charge in [-0.15, -0.1) is 0 Å². The number of ketones is 2. The molecule has 0 N–H and O–H groups in total. The van der Waals surface area contributed by atoms with Crippen molar-refractivity contribution >= 4 is 23.2 Å². The summed E-state index contributed by atoms with van der Waals surface area (Å²) in [6.07, 6.45) is 0.666. The molecular weight excluding hydrogens is 274 g/mol.